The molecule has 30 heavy (non-hydrogen) atoms. The standard InChI is InChI=1S/C22H32N4O4/c1-24-6-5-16(13-24)12-23-21(27)18-14-26(15-18)22(28)17-3-4-20(29-2)19(11-17)25-7-9-30-10-8-25/h3-4,11,16,18H,5-10,12-15H2,1-2H3,(H,23,27). The van der Waals surface area contributed by atoms with Crippen LogP contribution in [-0.4, -0.2) is 94.8 Å². The molecule has 0 radical (unpaired) electrons. The van der Waals surface area contributed by atoms with Gasteiger partial charge in [-0.15, -0.1) is 0 Å². The van der Waals surface area contributed by atoms with E-state index in [0.29, 0.717) is 37.8 Å². The van der Waals surface area contributed by atoms with E-state index in [1.165, 1.54) is 0 Å². The second-order valence-electron chi connectivity index (χ2n) is 8.56. The van der Waals surface area contributed by atoms with Crippen molar-refractivity contribution < 1.29 is 19.1 Å². The smallest absolute Gasteiger partial charge is 0.253 e. The molecule has 1 unspecified atom stereocenters. The van der Waals surface area contributed by atoms with Crippen LogP contribution in [0.3, 0.4) is 0 Å². The number of nitrogens with one attached hydrogen (secondary N) is 1. The van der Waals surface area contributed by atoms with Crippen LogP contribution in [0, 0.1) is 11.8 Å². The maximum atomic E-state index is 12.9. The largest absolute Gasteiger partial charge is 0.495 e. The third-order valence-corrected chi connectivity index (χ3v) is 6.37. The number of methoxy groups -OCH3 is 1. The van der Waals surface area contributed by atoms with Crippen LogP contribution >= 0.6 is 0 Å². The summed E-state index contributed by atoms with van der Waals surface area (Å²) in [6, 6.07) is 5.55. The highest BCUT2D eigenvalue weighted by molar-refractivity contribution is 5.97. The average Bonchev–Trinajstić information content (AvgIpc) is 3.16. The van der Waals surface area contributed by atoms with Gasteiger partial charge >= 0.3 is 0 Å². The van der Waals surface area contributed by atoms with Gasteiger partial charge in [0.15, 0.2) is 0 Å². The lowest BCUT2D eigenvalue weighted by Crippen LogP contribution is -2.56. The Bertz CT molecular complexity index is 774. The summed E-state index contributed by atoms with van der Waals surface area (Å²) in [5, 5.41) is 3.07. The molecule has 0 spiro atoms. The van der Waals surface area contributed by atoms with Gasteiger partial charge in [0.05, 0.1) is 31.9 Å². The average molecular weight is 417 g/mol. The Balaban J connectivity index is 1.31. The zero-order valence-electron chi connectivity index (χ0n) is 17.9. The van der Waals surface area contributed by atoms with E-state index in [1.54, 1.807) is 18.1 Å². The third-order valence-electron chi connectivity index (χ3n) is 6.37. The van der Waals surface area contributed by atoms with Crippen LogP contribution in [0.15, 0.2) is 18.2 Å². The molecule has 1 aromatic rings. The summed E-state index contributed by atoms with van der Waals surface area (Å²) in [4.78, 5) is 31.6. The van der Waals surface area contributed by atoms with E-state index in [9.17, 15) is 9.59 Å². The number of amides is 2. The van der Waals surface area contributed by atoms with E-state index < -0.39 is 0 Å². The minimum absolute atomic E-state index is 0.0337. The summed E-state index contributed by atoms with van der Waals surface area (Å²) in [6.45, 7) is 6.71. The molecule has 164 valence electrons. The van der Waals surface area contributed by atoms with Crippen molar-refractivity contribution in [1.82, 2.24) is 15.1 Å². The van der Waals surface area contributed by atoms with Crippen LogP contribution in [0.5, 0.6) is 5.75 Å². The molecule has 0 aliphatic carbocycles. The van der Waals surface area contributed by atoms with Crippen molar-refractivity contribution in [2.24, 2.45) is 11.8 Å². The number of morpholine rings is 1. The predicted molar refractivity (Wildman–Crippen MR) is 114 cm³/mol. The Morgan fingerprint density at radius 1 is 1.17 bits per heavy atom. The van der Waals surface area contributed by atoms with Gasteiger partial charge in [-0.3, -0.25) is 9.59 Å². The highest BCUT2D eigenvalue weighted by atomic mass is 16.5. The molecule has 4 rings (SSSR count). The van der Waals surface area contributed by atoms with Gasteiger partial charge in [0.25, 0.3) is 5.91 Å². The lowest BCUT2D eigenvalue weighted by molar-refractivity contribution is -0.129. The third kappa shape index (κ3) is 4.54. The molecule has 0 bridgehead atoms. The van der Waals surface area contributed by atoms with E-state index in [0.717, 1.165) is 50.6 Å². The second-order valence-corrected chi connectivity index (χ2v) is 8.56. The van der Waals surface area contributed by atoms with Gasteiger partial charge < -0.3 is 29.5 Å². The minimum atomic E-state index is -0.106. The van der Waals surface area contributed by atoms with Gasteiger partial charge in [-0.1, -0.05) is 0 Å². The molecule has 1 aromatic carbocycles. The molecule has 3 aliphatic heterocycles. The number of rotatable bonds is 6. The summed E-state index contributed by atoms with van der Waals surface area (Å²) in [5.41, 5.74) is 1.55. The summed E-state index contributed by atoms with van der Waals surface area (Å²) < 4.78 is 10.9. The Morgan fingerprint density at radius 2 is 1.93 bits per heavy atom. The van der Waals surface area contributed by atoms with Gasteiger partial charge in [0.2, 0.25) is 5.91 Å². The van der Waals surface area contributed by atoms with E-state index in [1.807, 2.05) is 12.1 Å². The maximum Gasteiger partial charge on any atom is 0.253 e. The quantitative estimate of drug-likeness (QED) is 0.735. The van der Waals surface area contributed by atoms with E-state index in [2.05, 4.69) is 22.2 Å². The molecule has 8 heteroatoms. The van der Waals surface area contributed by atoms with Crippen molar-refractivity contribution in [1.29, 1.82) is 0 Å². The van der Waals surface area contributed by atoms with Gasteiger partial charge in [-0.25, -0.2) is 0 Å². The zero-order valence-corrected chi connectivity index (χ0v) is 17.9. The molecule has 1 N–H and O–H groups in total. The lowest BCUT2D eigenvalue weighted by atomic mass is 9.97. The van der Waals surface area contributed by atoms with E-state index in [-0.39, 0.29) is 17.7 Å². The number of hydrogen-bond donors (Lipinski definition) is 1. The fourth-order valence-corrected chi connectivity index (χ4v) is 4.45. The van der Waals surface area contributed by atoms with Crippen LogP contribution in [0.4, 0.5) is 5.69 Å². The molecule has 2 amide bonds. The molecule has 3 saturated heterocycles. The van der Waals surface area contributed by atoms with Crippen molar-refractivity contribution in [2.75, 3.05) is 78.1 Å². The van der Waals surface area contributed by atoms with Crippen LogP contribution in [0.2, 0.25) is 0 Å². The zero-order chi connectivity index (χ0) is 21.1. The van der Waals surface area contributed by atoms with Gasteiger partial charge in [-0.2, -0.15) is 0 Å². The molecule has 0 aromatic heterocycles. The first-order valence-electron chi connectivity index (χ1n) is 10.8. The number of carbonyl (C=O) groups excluding carboxylic acids is 2. The second kappa shape index (κ2) is 9.22. The van der Waals surface area contributed by atoms with Crippen molar-refractivity contribution in [3.8, 4) is 5.75 Å². The first kappa shape index (κ1) is 20.9. The van der Waals surface area contributed by atoms with Crippen LogP contribution < -0.4 is 15.0 Å². The Morgan fingerprint density at radius 3 is 2.60 bits per heavy atom. The first-order valence-corrected chi connectivity index (χ1v) is 10.8. The summed E-state index contributed by atoms with van der Waals surface area (Å²) in [7, 11) is 3.75. The number of likely N-dealkylation sites (tertiary alicyclic amines) is 2. The van der Waals surface area contributed by atoms with E-state index in [4.69, 9.17) is 9.47 Å². The van der Waals surface area contributed by atoms with Crippen molar-refractivity contribution in [3.63, 3.8) is 0 Å². The number of hydrogen-bond acceptors (Lipinski definition) is 6. The number of benzene rings is 1. The normalized spacial score (nSPS) is 22.7. The Labute approximate surface area is 178 Å². The summed E-state index contributed by atoms with van der Waals surface area (Å²) in [6.07, 6.45) is 1.13. The molecule has 1 atom stereocenters. The fraction of sp³-hybridized carbons (Fsp3) is 0.636. The Kier molecular flexibility index (Phi) is 6.43. The van der Waals surface area contributed by atoms with Crippen molar-refractivity contribution in [3.05, 3.63) is 23.8 Å². The topological polar surface area (TPSA) is 74.4 Å². The molecule has 3 aliphatic rings. The number of carbonyl (C=O) groups is 2. The molecular weight excluding hydrogens is 384 g/mol. The maximum absolute atomic E-state index is 12.9. The van der Waals surface area contributed by atoms with Crippen LogP contribution in [-0.2, 0) is 9.53 Å². The minimum Gasteiger partial charge on any atom is -0.495 e. The number of anilines is 1. The fourth-order valence-electron chi connectivity index (χ4n) is 4.45. The highest BCUT2D eigenvalue weighted by Gasteiger charge is 2.36. The Hall–Kier alpha value is -2.32. The molecule has 8 nitrogen and oxygen atoms in total. The molecule has 3 fully saturated rings. The number of nitrogens with zero attached hydrogens (tertiary/aromatic N) is 3. The highest BCUT2D eigenvalue weighted by Crippen LogP contribution is 2.31. The van der Waals surface area contributed by atoms with Gasteiger partial charge in [-0.05, 0) is 44.1 Å². The monoisotopic (exact) mass is 416 g/mol. The predicted octanol–water partition coefficient (Wildman–Crippen LogP) is 0.672. The van der Waals surface area contributed by atoms with Crippen molar-refractivity contribution >= 4 is 17.5 Å². The molecular formula is C22H32N4O4. The van der Waals surface area contributed by atoms with Gasteiger partial charge in [0, 0.05) is 44.8 Å². The summed E-state index contributed by atoms with van der Waals surface area (Å²) in [5.74, 6) is 1.22. The van der Waals surface area contributed by atoms with Crippen LogP contribution in [0.25, 0.3) is 0 Å². The van der Waals surface area contributed by atoms with Crippen LogP contribution in [0.1, 0.15) is 16.8 Å². The van der Waals surface area contributed by atoms with Gasteiger partial charge in [0.1, 0.15) is 5.75 Å². The van der Waals surface area contributed by atoms with E-state index >= 15 is 0 Å². The molecule has 0 saturated carbocycles. The SMILES string of the molecule is COc1ccc(C(=O)N2CC(C(=O)NCC3CCN(C)C3)C2)cc1N1CCOCC1. The lowest BCUT2D eigenvalue weighted by Gasteiger charge is -2.38. The molecule has 3 heterocycles. The first-order chi connectivity index (χ1) is 14.5. The van der Waals surface area contributed by atoms with Crippen molar-refractivity contribution in [2.45, 2.75) is 6.42 Å². The summed E-state index contributed by atoms with van der Waals surface area (Å²) >= 11 is 0. The number of ether oxygens (including phenoxy) is 2.